The van der Waals surface area contributed by atoms with Crippen LogP contribution < -0.4 is 21.1 Å². The summed E-state index contributed by atoms with van der Waals surface area (Å²) in [4.78, 5) is 15.9. The third-order valence-corrected chi connectivity index (χ3v) is 4.02. The number of hydrogen-bond donors (Lipinski definition) is 2. The Labute approximate surface area is 127 Å². The molecule has 0 bridgehead atoms. The van der Waals surface area contributed by atoms with Crippen LogP contribution in [0.4, 0.5) is 17.1 Å². The highest BCUT2D eigenvalue weighted by atomic mass is 35.5. The molecule has 2 aromatic rings. The van der Waals surface area contributed by atoms with E-state index < -0.39 is 0 Å². The van der Waals surface area contributed by atoms with Gasteiger partial charge in [-0.15, -0.1) is 0 Å². The number of halogens is 1. The lowest BCUT2D eigenvalue weighted by Crippen LogP contribution is -2.47. The Bertz CT molecular complexity index is 677. The van der Waals surface area contributed by atoms with E-state index in [2.05, 4.69) is 20.0 Å². The van der Waals surface area contributed by atoms with Gasteiger partial charge in [0.15, 0.2) is 0 Å². The van der Waals surface area contributed by atoms with E-state index >= 15 is 0 Å². The predicted octanol–water partition coefficient (Wildman–Crippen LogP) is 1.33. The summed E-state index contributed by atoms with van der Waals surface area (Å²) in [7, 11) is 0. The number of nitrogens with one attached hydrogen (secondary N) is 1. The molecule has 7 heteroatoms. The molecule has 3 rings (SSSR count). The number of H-pyrrole nitrogens is 1. The van der Waals surface area contributed by atoms with Crippen molar-refractivity contribution in [3.8, 4) is 0 Å². The van der Waals surface area contributed by atoms with Crippen LogP contribution in [-0.4, -0.2) is 36.4 Å². The maximum Gasteiger partial charge on any atom is 0.285 e. The molecule has 110 valence electrons. The number of nitrogens with two attached hydrogens (primary N) is 1. The molecule has 1 fully saturated rings. The molecular formula is C14H16ClN5O. The number of hydrogen-bond acceptors (Lipinski definition) is 5. The molecule has 0 unspecified atom stereocenters. The third-order valence-electron chi connectivity index (χ3n) is 3.66. The highest BCUT2D eigenvalue weighted by molar-refractivity contribution is 6.33. The summed E-state index contributed by atoms with van der Waals surface area (Å²) < 4.78 is 0. The fraction of sp³-hybridized carbons (Fsp3) is 0.286. The van der Waals surface area contributed by atoms with Crippen LogP contribution in [0.3, 0.4) is 0 Å². The summed E-state index contributed by atoms with van der Waals surface area (Å²) in [6, 6.07) is 7.85. The van der Waals surface area contributed by atoms with Gasteiger partial charge < -0.3 is 15.5 Å². The topological polar surface area (TPSA) is 78.2 Å². The first kappa shape index (κ1) is 13.8. The number of piperazine rings is 1. The number of benzene rings is 1. The van der Waals surface area contributed by atoms with E-state index in [0.717, 1.165) is 37.6 Å². The normalized spacial score (nSPS) is 15.3. The van der Waals surface area contributed by atoms with Crippen molar-refractivity contribution in [2.24, 2.45) is 0 Å². The van der Waals surface area contributed by atoms with E-state index in [1.54, 1.807) is 6.20 Å². The van der Waals surface area contributed by atoms with Gasteiger partial charge >= 0.3 is 0 Å². The van der Waals surface area contributed by atoms with Gasteiger partial charge in [-0.25, -0.2) is 5.10 Å². The van der Waals surface area contributed by atoms with Crippen molar-refractivity contribution in [2.75, 3.05) is 41.7 Å². The van der Waals surface area contributed by atoms with E-state index in [-0.39, 0.29) is 10.6 Å². The van der Waals surface area contributed by atoms with Crippen LogP contribution in [0, 0.1) is 0 Å². The van der Waals surface area contributed by atoms with Crippen LogP contribution >= 0.6 is 11.6 Å². The Kier molecular flexibility index (Phi) is 3.70. The van der Waals surface area contributed by atoms with E-state index in [1.165, 1.54) is 0 Å². The van der Waals surface area contributed by atoms with Gasteiger partial charge in [0.25, 0.3) is 5.56 Å². The number of aromatic nitrogens is 2. The van der Waals surface area contributed by atoms with Crippen molar-refractivity contribution in [1.29, 1.82) is 0 Å². The smallest absolute Gasteiger partial charge is 0.285 e. The Morgan fingerprint density at radius 1 is 1.10 bits per heavy atom. The average Bonchev–Trinajstić information content (AvgIpc) is 2.51. The zero-order valence-electron chi connectivity index (χ0n) is 11.4. The lowest BCUT2D eigenvalue weighted by atomic mass is 10.2. The number of nitrogen functional groups attached to an aromatic ring is 1. The summed E-state index contributed by atoms with van der Waals surface area (Å²) in [5.74, 6) is 0. The van der Waals surface area contributed by atoms with Crippen LogP contribution in [0.5, 0.6) is 0 Å². The molecule has 0 atom stereocenters. The number of rotatable bonds is 2. The minimum absolute atomic E-state index is 0.200. The zero-order chi connectivity index (χ0) is 14.8. The first-order valence-corrected chi connectivity index (χ1v) is 7.11. The summed E-state index contributed by atoms with van der Waals surface area (Å²) in [5.41, 5.74) is 7.96. The van der Waals surface area contributed by atoms with Crippen molar-refractivity contribution < 1.29 is 0 Å². The molecular weight excluding hydrogens is 290 g/mol. The molecule has 0 saturated carbocycles. The highest BCUT2D eigenvalue weighted by Gasteiger charge is 2.20. The minimum atomic E-state index is -0.352. The lowest BCUT2D eigenvalue weighted by Gasteiger charge is -2.37. The fourth-order valence-corrected chi connectivity index (χ4v) is 2.70. The van der Waals surface area contributed by atoms with E-state index in [0.29, 0.717) is 5.69 Å². The molecule has 6 nitrogen and oxygen atoms in total. The minimum Gasteiger partial charge on any atom is -0.399 e. The SMILES string of the molecule is Nc1ccc(N2CCN(c3cn[nH]c(=O)c3Cl)CC2)cc1. The second-order valence-corrected chi connectivity index (χ2v) is 5.34. The molecule has 0 spiro atoms. The molecule has 21 heavy (non-hydrogen) atoms. The average molecular weight is 306 g/mol. The predicted molar refractivity (Wildman–Crippen MR) is 85.1 cm³/mol. The summed E-state index contributed by atoms with van der Waals surface area (Å²) >= 11 is 6.04. The molecule has 2 heterocycles. The monoisotopic (exact) mass is 305 g/mol. The van der Waals surface area contributed by atoms with Gasteiger partial charge in [0.05, 0.1) is 11.9 Å². The zero-order valence-corrected chi connectivity index (χ0v) is 12.2. The van der Waals surface area contributed by atoms with Crippen LogP contribution in [-0.2, 0) is 0 Å². The fourth-order valence-electron chi connectivity index (χ4n) is 2.49. The van der Waals surface area contributed by atoms with Crippen molar-refractivity contribution >= 4 is 28.7 Å². The molecule has 1 saturated heterocycles. The quantitative estimate of drug-likeness (QED) is 0.819. The van der Waals surface area contributed by atoms with E-state index in [1.807, 2.05) is 24.3 Å². The molecule has 1 aromatic heterocycles. The molecule has 0 amide bonds. The Morgan fingerprint density at radius 2 is 1.71 bits per heavy atom. The molecule has 0 radical (unpaired) electrons. The van der Waals surface area contributed by atoms with E-state index in [9.17, 15) is 4.79 Å². The third kappa shape index (κ3) is 2.80. The largest absolute Gasteiger partial charge is 0.399 e. The van der Waals surface area contributed by atoms with Crippen molar-refractivity contribution in [2.45, 2.75) is 0 Å². The maximum atomic E-state index is 11.5. The Hall–Kier alpha value is -2.21. The van der Waals surface area contributed by atoms with Gasteiger partial charge in [-0.1, -0.05) is 11.6 Å². The molecule has 3 N–H and O–H groups in total. The summed E-state index contributed by atoms with van der Waals surface area (Å²) in [6.45, 7) is 3.28. The first-order valence-electron chi connectivity index (χ1n) is 6.74. The standard InChI is InChI=1S/C14H16ClN5O/c15-13-12(9-17-18-14(13)21)20-7-5-19(6-8-20)11-3-1-10(16)2-4-11/h1-4,9H,5-8,16H2,(H,18,21). The number of anilines is 3. The molecule has 1 aliphatic rings. The Morgan fingerprint density at radius 3 is 2.38 bits per heavy atom. The van der Waals surface area contributed by atoms with Crippen LogP contribution in [0.1, 0.15) is 0 Å². The van der Waals surface area contributed by atoms with Crippen LogP contribution in [0.25, 0.3) is 0 Å². The Balaban J connectivity index is 1.71. The van der Waals surface area contributed by atoms with Crippen molar-refractivity contribution in [3.05, 3.63) is 45.8 Å². The molecule has 1 aliphatic heterocycles. The molecule has 1 aromatic carbocycles. The molecule has 0 aliphatic carbocycles. The number of aromatic amines is 1. The van der Waals surface area contributed by atoms with Gasteiger partial charge in [0, 0.05) is 37.6 Å². The lowest BCUT2D eigenvalue weighted by molar-refractivity contribution is 0.651. The number of nitrogens with zero attached hydrogens (tertiary/aromatic N) is 3. The van der Waals surface area contributed by atoms with Crippen LogP contribution in [0.2, 0.25) is 5.02 Å². The van der Waals surface area contributed by atoms with E-state index in [4.69, 9.17) is 17.3 Å². The summed E-state index contributed by atoms with van der Waals surface area (Å²) in [6.07, 6.45) is 1.60. The van der Waals surface area contributed by atoms with Gasteiger partial charge in [0.2, 0.25) is 0 Å². The van der Waals surface area contributed by atoms with Crippen molar-refractivity contribution in [3.63, 3.8) is 0 Å². The first-order chi connectivity index (χ1) is 10.1. The maximum absolute atomic E-state index is 11.5. The van der Waals surface area contributed by atoms with Gasteiger partial charge in [-0.2, -0.15) is 5.10 Å². The highest BCUT2D eigenvalue weighted by Crippen LogP contribution is 2.24. The van der Waals surface area contributed by atoms with Gasteiger partial charge in [0.1, 0.15) is 5.02 Å². The van der Waals surface area contributed by atoms with Gasteiger partial charge in [-0.05, 0) is 24.3 Å². The second-order valence-electron chi connectivity index (χ2n) is 4.96. The second kappa shape index (κ2) is 5.65. The van der Waals surface area contributed by atoms with Crippen LogP contribution in [0.15, 0.2) is 35.3 Å². The summed E-state index contributed by atoms with van der Waals surface area (Å²) in [5, 5.41) is 6.35. The van der Waals surface area contributed by atoms with Crippen molar-refractivity contribution in [1.82, 2.24) is 10.2 Å². The van der Waals surface area contributed by atoms with Gasteiger partial charge in [-0.3, -0.25) is 4.79 Å².